The molecule has 4 rings (SSSR count). The normalized spacial score (nSPS) is 17.3. The van der Waals surface area contributed by atoms with Crippen molar-refractivity contribution in [1.82, 2.24) is 24.6 Å². The minimum Gasteiger partial charge on any atom is -0.383 e. The molecule has 0 unspecified atom stereocenters. The monoisotopic (exact) mass is 495 g/mol. The van der Waals surface area contributed by atoms with Crippen LogP contribution < -0.4 is 11.1 Å². The molecule has 0 aliphatic carbocycles. The summed E-state index contributed by atoms with van der Waals surface area (Å²) >= 11 is 6.41. The molecular weight excluding hydrogens is 470 g/mol. The first kappa shape index (κ1) is 24.3. The van der Waals surface area contributed by atoms with E-state index in [9.17, 15) is 9.59 Å². The highest BCUT2D eigenvalue weighted by molar-refractivity contribution is 6.32. The number of fused-ring (bicyclic) bond motifs is 1. The summed E-state index contributed by atoms with van der Waals surface area (Å²) in [5, 5.41) is 8.08. The van der Waals surface area contributed by atoms with Crippen molar-refractivity contribution < 1.29 is 14.3 Å². The molecule has 1 aliphatic heterocycles. The molecule has 0 saturated carbocycles. The van der Waals surface area contributed by atoms with Gasteiger partial charge in [-0.3, -0.25) is 9.59 Å². The highest BCUT2D eigenvalue weighted by atomic mass is 35.5. The van der Waals surface area contributed by atoms with Crippen molar-refractivity contribution >= 4 is 40.3 Å². The largest absolute Gasteiger partial charge is 0.383 e. The van der Waals surface area contributed by atoms with Gasteiger partial charge in [0.15, 0.2) is 5.69 Å². The lowest BCUT2D eigenvalue weighted by Gasteiger charge is -2.22. The summed E-state index contributed by atoms with van der Waals surface area (Å²) in [5.41, 5.74) is 8.20. The average Bonchev–Trinajstić information content (AvgIpc) is 3.50. The molecule has 35 heavy (non-hydrogen) atoms. The Labute approximate surface area is 207 Å². The third-order valence-corrected chi connectivity index (χ3v) is 6.27. The van der Waals surface area contributed by atoms with Crippen LogP contribution >= 0.6 is 11.6 Å². The van der Waals surface area contributed by atoms with Gasteiger partial charge in [-0.05, 0) is 37.5 Å². The maximum Gasteiger partial charge on any atom is 0.255 e. The predicted octanol–water partition coefficient (Wildman–Crippen LogP) is 2.24. The topological polar surface area (TPSA) is 131 Å². The zero-order chi connectivity index (χ0) is 25.3. The Balaban J connectivity index is 1.75. The number of methoxy groups -OCH3 is 1. The second kappa shape index (κ2) is 9.82. The fraction of sp³-hybridized carbons (Fsp3) is 0.333. The lowest BCUT2D eigenvalue weighted by Crippen LogP contribution is -2.37. The molecule has 3 aromatic rings. The van der Waals surface area contributed by atoms with E-state index in [0.29, 0.717) is 36.0 Å². The number of nitrogens with two attached hydrogens (primary N) is 1. The summed E-state index contributed by atoms with van der Waals surface area (Å²) in [6, 6.07) is 3.16. The number of carbonyl (C=O) groups excluding carboxylic acids is 2. The average molecular weight is 496 g/mol. The number of aromatic nitrogens is 4. The fourth-order valence-electron chi connectivity index (χ4n) is 4.45. The van der Waals surface area contributed by atoms with E-state index in [1.54, 1.807) is 35.9 Å². The number of primary amides is 1. The van der Waals surface area contributed by atoms with E-state index in [0.717, 1.165) is 16.9 Å². The number of rotatable bonds is 6. The van der Waals surface area contributed by atoms with Crippen LogP contribution in [0.1, 0.15) is 39.9 Å². The Morgan fingerprint density at radius 1 is 1.43 bits per heavy atom. The van der Waals surface area contributed by atoms with Gasteiger partial charge >= 0.3 is 0 Å². The van der Waals surface area contributed by atoms with Crippen molar-refractivity contribution in [2.75, 3.05) is 32.6 Å². The molecule has 2 aromatic heterocycles. The highest BCUT2D eigenvalue weighted by Crippen LogP contribution is 2.32. The van der Waals surface area contributed by atoms with Crippen LogP contribution in [0.3, 0.4) is 0 Å². The smallest absolute Gasteiger partial charge is 0.255 e. The molecule has 10 nitrogen and oxygen atoms in total. The molecule has 0 bridgehead atoms. The van der Waals surface area contributed by atoms with Crippen LogP contribution in [0.2, 0.25) is 5.02 Å². The van der Waals surface area contributed by atoms with Crippen LogP contribution in [-0.4, -0.2) is 69.8 Å². The maximum atomic E-state index is 12.4. The van der Waals surface area contributed by atoms with Crippen LogP contribution in [-0.2, 0) is 9.53 Å². The minimum absolute atomic E-state index is 0.153. The predicted molar refractivity (Wildman–Crippen MR) is 133 cm³/mol. The molecule has 1 saturated heterocycles. The van der Waals surface area contributed by atoms with Crippen molar-refractivity contribution in [2.24, 2.45) is 5.73 Å². The first-order valence-corrected chi connectivity index (χ1v) is 11.3. The molecule has 2 amide bonds. The zero-order valence-corrected chi connectivity index (χ0v) is 20.4. The lowest BCUT2D eigenvalue weighted by atomic mass is 10.1. The summed E-state index contributed by atoms with van der Waals surface area (Å²) in [7, 11) is 3.26. The number of carbonyl (C=O) groups is 2. The van der Waals surface area contributed by atoms with Gasteiger partial charge in [0.1, 0.15) is 17.2 Å². The number of imidazole rings is 1. The lowest BCUT2D eigenvalue weighted by molar-refractivity contribution is -0.127. The van der Waals surface area contributed by atoms with Gasteiger partial charge in [0.2, 0.25) is 5.91 Å². The first-order chi connectivity index (χ1) is 16.8. The van der Waals surface area contributed by atoms with E-state index in [4.69, 9.17) is 22.1 Å². The van der Waals surface area contributed by atoms with Gasteiger partial charge in [0.05, 0.1) is 34.7 Å². The van der Waals surface area contributed by atoms with E-state index < -0.39 is 5.91 Å². The van der Waals surface area contributed by atoms with E-state index in [2.05, 4.69) is 38.8 Å². The SMILES string of the molecule is C=CC(=O)N1C[C@@H](n2nc(C#Cc3cc4[nH]c(C)nc4cc3Cl)c(C(N)=O)c2NC)C[C@@H]1COC. The van der Waals surface area contributed by atoms with Crippen LogP contribution in [0.25, 0.3) is 11.0 Å². The van der Waals surface area contributed by atoms with Crippen LogP contribution in [0, 0.1) is 18.8 Å². The maximum absolute atomic E-state index is 12.4. The summed E-state index contributed by atoms with van der Waals surface area (Å²) in [4.78, 5) is 34.0. The third kappa shape index (κ3) is 4.60. The third-order valence-electron chi connectivity index (χ3n) is 5.95. The number of likely N-dealkylation sites (tertiary alicyclic amines) is 1. The summed E-state index contributed by atoms with van der Waals surface area (Å²) in [6.45, 7) is 6.19. The Kier molecular flexibility index (Phi) is 6.82. The number of aryl methyl sites for hydroxylation is 1. The minimum atomic E-state index is -0.666. The number of benzene rings is 1. The second-order valence-corrected chi connectivity index (χ2v) is 8.65. The number of hydrogen-bond acceptors (Lipinski definition) is 6. The molecular formula is C24H26ClN7O3. The molecule has 1 aromatic carbocycles. The summed E-state index contributed by atoms with van der Waals surface area (Å²) in [6.07, 6.45) is 1.86. The van der Waals surface area contributed by atoms with Gasteiger partial charge in [-0.2, -0.15) is 5.10 Å². The van der Waals surface area contributed by atoms with Crippen molar-refractivity contribution in [3.8, 4) is 11.8 Å². The number of nitrogens with zero attached hydrogens (tertiary/aromatic N) is 4. The van der Waals surface area contributed by atoms with Crippen molar-refractivity contribution in [1.29, 1.82) is 0 Å². The molecule has 0 radical (unpaired) electrons. The Hall–Kier alpha value is -3.81. The van der Waals surface area contributed by atoms with E-state index >= 15 is 0 Å². The van der Waals surface area contributed by atoms with Gasteiger partial charge < -0.3 is 25.7 Å². The molecule has 2 atom stereocenters. The van der Waals surface area contributed by atoms with Gasteiger partial charge in [-0.15, -0.1) is 0 Å². The fourth-order valence-corrected chi connectivity index (χ4v) is 4.65. The van der Waals surface area contributed by atoms with E-state index in [1.165, 1.54) is 6.08 Å². The van der Waals surface area contributed by atoms with Gasteiger partial charge in [0.25, 0.3) is 5.91 Å². The van der Waals surface area contributed by atoms with Crippen LogP contribution in [0.5, 0.6) is 0 Å². The number of anilines is 1. The standard InChI is InChI=1S/C24H26ClN7O3/c1-5-21(33)31-11-15(9-16(31)12-35-4)32-24(27-3)22(23(26)34)18(30-32)7-6-14-8-19-20(10-17(14)25)29-13(2)28-19/h5,8,10,15-16,27H,1,9,11-12H2,2-4H3,(H2,26,34)(H,28,29)/t15-,16+/m0/s1. The molecule has 1 fully saturated rings. The van der Waals surface area contributed by atoms with Crippen molar-refractivity contribution in [3.63, 3.8) is 0 Å². The second-order valence-electron chi connectivity index (χ2n) is 8.25. The first-order valence-electron chi connectivity index (χ1n) is 11.0. The van der Waals surface area contributed by atoms with Gasteiger partial charge in [-0.25, -0.2) is 9.67 Å². The Morgan fingerprint density at radius 2 is 2.20 bits per heavy atom. The van der Waals surface area contributed by atoms with Crippen LogP contribution in [0.15, 0.2) is 24.8 Å². The summed E-state index contributed by atoms with van der Waals surface area (Å²) < 4.78 is 6.97. The number of halogens is 1. The highest BCUT2D eigenvalue weighted by Gasteiger charge is 2.37. The zero-order valence-electron chi connectivity index (χ0n) is 19.7. The number of aromatic amines is 1. The van der Waals surface area contributed by atoms with E-state index in [1.807, 2.05) is 6.92 Å². The number of H-pyrrole nitrogens is 1. The van der Waals surface area contributed by atoms with Crippen molar-refractivity contribution in [2.45, 2.75) is 25.4 Å². The number of ether oxygens (including phenoxy) is 1. The van der Waals surface area contributed by atoms with Crippen LogP contribution in [0.4, 0.5) is 5.82 Å². The summed E-state index contributed by atoms with van der Waals surface area (Å²) in [5.74, 6) is 6.31. The number of nitrogens with one attached hydrogen (secondary N) is 2. The van der Waals surface area contributed by atoms with Gasteiger partial charge in [0, 0.05) is 26.3 Å². The molecule has 182 valence electrons. The Morgan fingerprint density at radius 3 is 2.86 bits per heavy atom. The molecule has 1 aliphatic rings. The molecule has 4 N–H and O–H groups in total. The van der Waals surface area contributed by atoms with Gasteiger partial charge in [-0.1, -0.05) is 24.1 Å². The number of hydrogen-bond donors (Lipinski definition) is 3. The Bertz CT molecular complexity index is 1380. The molecule has 11 heteroatoms. The molecule has 3 heterocycles. The number of amides is 2. The quantitative estimate of drug-likeness (QED) is 0.355. The van der Waals surface area contributed by atoms with E-state index in [-0.39, 0.29) is 29.2 Å². The van der Waals surface area contributed by atoms with Crippen molar-refractivity contribution in [3.05, 3.63) is 52.5 Å². The molecule has 0 spiro atoms.